The van der Waals surface area contributed by atoms with Crippen LogP contribution in [0.4, 0.5) is 10.1 Å². The van der Waals surface area contributed by atoms with Gasteiger partial charge in [-0.05, 0) is 49.2 Å². The van der Waals surface area contributed by atoms with Crippen LogP contribution in [0.3, 0.4) is 0 Å². The van der Waals surface area contributed by atoms with E-state index in [-0.39, 0.29) is 6.04 Å². The number of likely N-dealkylation sites (tertiary alicyclic amines) is 1. The first kappa shape index (κ1) is 19.8. The normalized spacial score (nSPS) is 18.9. The molecule has 4 rings (SSSR count). The molecule has 0 bridgehead atoms. The second-order valence-electron chi connectivity index (χ2n) is 7.50. The van der Waals surface area contributed by atoms with Crippen LogP contribution in [0.5, 0.6) is 11.5 Å². The van der Waals surface area contributed by atoms with Crippen molar-refractivity contribution < 1.29 is 13.9 Å². The van der Waals surface area contributed by atoms with E-state index in [1.807, 2.05) is 65.7 Å². The van der Waals surface area contributed by atoms with Crippen molar-refractivity contribution in [2.75, 3.05) is 24.7 Å². The van der Waals surface area contributed by atoms with E-state index >= 15 is 0 Å². The van der Waals surface area contributed by atoms with E-state index in [2.05, 4.69) is 11.5 Å². The van der Waals surface area contributed by atoms with Crippen molar-refractivity contribution in [2.24, 2.45) is 5.73 Å². The zero-order chi connectivity index (χ0) is 21.1. The molecule has 30 heavy (non-hydrogen) atoms. The smallest absolute Gasteiger partial charge is 0.282 e. The van der Waals surface area contributed by atoms with Crippen LogP contribution >= 0.6 is 0 Å². The third-order valence-corrected chi connectivity index (χ3v) is 5.43. The van der Waals surface area contributed by atoms with Gasteiger partial charge in [-0.15, -0.1) is 0 Å². The molecule has 2 N–H and O–H groups in total. The predicted molar refractivity (Wildman–Crippen MR) is 114 cm³/mol. The van der Waals surface area contributed by atoms with Crippen molar-refractivity contribution in [1.29, 1.82) is 0 Å². The molecule has 7 heteroatoms. The molecule has 1 saturated heterocycles. The zero-order valence-corrected chi connectivity index (χ0v) is 16.7. The van der Waals surface area contributed by atoms with Gasteiger partial charge in [-0.2, -0.15) is 0 Å². The number of amides is 1. The maximum absolute atomic E-state index is 13.2. The van der Waals surface area contributed by atoms with E-state index < -0.39 is 11.7 Å². The average Bonchev–Trinajstić information content (AvgIpc) is 3.16. The van der Waals surface area contributed by atoms with Crippen LogP contribution in [0.15, 0.2) is 79.0 Å². The number of benzene rings is 2. The van der Waals surface area contributed by atoms with E-state index in [0.717, 1.165) is 30.0 Å². The van der Waals surface area contributed by atoms with Crippen molar-refractivity contribution >= 4 is 11.6 Å². The Morgan fingerprint density at radius 3 is 2.50 bits per heavy atom. The summed E-state index contributed by atoms with van der Waals surface area (Å²) in [6, 6.07) is 17.4. The van der Waals surface area contributed by atoms with Gasteiger partial charge in [0.05, 0.1) is 6.67 Å². The minimum atomic E-state index is -0.911. The van der Waals surface area contributed by atoms with E-state index in [9.17, 15) is 9.18 Å². The number of halogens is 1. The molecular weight excluding hydrogens is 383 g/mol. The molecule has 2 aliphatic rings. The molecule has 2 aromatic rings. The number of rotatable bonds is 5. The number of carbonyl (C=O) groups is 1. The van der Waals surface area contributed by atoms with Crippen LogP contribution in [-0.4, -0.2) is 41.5 Å². The van der Waals surface area contributed by atoms with E-state index in [1.54, 1.807) is 0 Å². The molecule has 0 unspecified atom stereocenters. The van der Waals surface area contributed by atoms with Gasteiger partial charge in [-0.25, -0.2) is 4.39 Å². The van der Waals surface area contributed by atoms with Crippen LogP contribution in [0, 0.1) is 0 Å². The fraction of sp³-hybridized carbons (Fsp3) is 0.261. The first-order valence-electron chi connectivity index (χ1n) is 9.98. The molecule has 0 radical (unpaired) electrons. The maximum Gasteiger partial charge on any atom is 0.282 e. The molecule has 0 saturated carbocycles. The Balaban J connectivity index is 1.40. The van der Waals surface area contributed by atoms with Gasteiger partial charge in [-0.1, -0.05) is 24.8 Å². The lowest BCUT2D eigenvalue weighted by molar-refractivity contribution is -0.130. The summed E-state index contributed by atoms with van der Waals surface area (Å²) in [6.07, 6.45) is 3.64. The van der Waals surface area contributed by atoms with Gasteiger partial charge >= 0.3 is 0 Å². The van der Waals surface area contributed by atoms with Crippen LogP contribution in [0.2, 0.25) is 0 Å². The van der Waals surface area contributed by atoms with E-state index in [4.69, 9.17) is 10.5 Å². The van der Waals surface area contributed by atoms with Gasteiger partial charge in [0.15, 0.2) is 5.83 Å². The molecule has 0 aromatic heterocycles. The molecule has 156 valence electrons. The number of nitrogens with zero attached hydrogens (tertiary/aromatic N) is 3. The van der Waals surface area contributed by atoms with Gasteiger partial charge in [0.25, 0.3) is 5.91 Å². The van der Waals surface area contributed by atoms with E-state index in [0.29, 0.717) is 25.6 Å². The Morgan fingerprint density at radius 2 is 1.80 bits per heavy atom. The Hall–Kier alpha value is -3.48. The third kappa shape index (κ3) is 4.25. The summed E-state index contributed by atoms with van der Waals surface area (Å²) in [5, 5.41) is 0. The number of carbonyl (C=O) groups excluding carboxylic acids is 1. The molecule has 2 aromatic carbocycles. The average molecular weight is 408 g/mol. The minimum absolute atomic E-state index is 0.0892. The highest BCUT2D eigenvalue weighted by molar-refractivity contribution is 5.90. The minimum Gasteiger partial charge on any atom is -0.457 e. The quantitative estimate of drug-likeness (QED) is 0.763. The number of ether oxygens (including phenoxy) is 1. The maximum atomic E-state index is 13.2. The number of hydrogen-bond donors (Lipinski definition) is 1. The van der Waals surface area contributed by atoms with Crippen molar-refractivity contribution in [3.05, 3.63) is 79.0 Å². The first-order valence-corrected chi connectivity index (χ1v) is 9.98. The summed E-state index contributed by atoms with van der Waals surface area (Å²) in [7, 11) is 0. The largest absolute Gasteiger partial charge is 0.457 e. The van der Waals surface area contributed by atoms with Crippen molar-refractivity contribution in [2.45, 2.75) is 18.9 Å². The Labute approximate surface area is 175 Å². The lowest BCUT2D eigenvalue weighted by atomic mass is 10.0. The van der Waals surface area contributed by atoms with Gasteiger partial charge in [0.1, 0.15) is 17.3 Å². The summed E-state index contributed by atoms with van der Waals surface area (Å²) in [5.74, 6) is 0.624. The lowest BCUT2D eigenvalue weighted by Gasteiger charge is -2.37. The fourth-order valence-electron chi connectivity index (χ4n) is 3.88. The highest BCUT2D eigenvalue weighted by Crippen LogP contribution is 2.29. The lowest BCUT2D eigenvalue weighted by Crippen LogP contribution is -2.48. The summed E-state index contributed by atoms with van der Waals surface area (Å²) < 4.78 is 19.1. The Kier molecular flexibility index (Phi) is 5.61. The Morgan fingerprint density at radius 1 is 1.10 bits per heavy atom. The fourth-order valence-corrected chi connectivity index (χ4v) is 3.88. The molecule has 0 aliphatic carbocycles. The highest BCUT2D eigenvalue weighted by Gasteiger charge is 2.31. The molecule has 1 fully saturated rings. The van der Waals surface area contributed by atoms with E-state index in [1.165, 1.54) is 4.90 Å². The second kappa shape index (κ2) is 8.49. The van der Waals surface area contributed by atoms with Gasteiger partial charge in [-0.3, -0.25) is 4.79 Å². The first-order chi connectivity index (χ1) is 14.5. The number of para-hydroxylation sites is 1. The molecule has 1 atom stereocenters. The van der Waals surface area contributed by atoms with Gasteiger partial charge in [0.2, 0.25) is 0 Å². The van der Waals surface area contributed by atoms with Crippen LogP contribution in [-0.2, 0) is 4.79 Å². The third-order valence-electron chi connectivity index (χ3n) is 5.43. The van der Waals surface area contributed by atoms with Crippen molar-refractivity contribution in [1.82, 2.24) is 9.80 Å². The second-order valence-corrected chi connectivity index (χ2v) is 7.50. The molecule has 0 spiro atoms. The molecule has 6 nitrogen and oxygen atoms in total. The molecular formula is C23H25FN4O2. The number of anilines is 1. The van der Waals surface area contributed by atoms with Crippen molar-refractivity contribution in [3.63, 3.8) is 0 Å². The van der Waals surface area contributed by atoms with Crippen LogP contribution in [0.1, 0.15) is 12.8 Å². The van der Waals surface area contributed by atoms with Crippen LogP contribution < -0.4 is 15.4 Å². The number of piperidine rings is 1. The number of hydrogen-bond acceptors (Lipinski definition) is 5. The summed E-state index contributed by atoms with van der Waals surface area (Å²) in [5.41, 5.74) is 7.22. The molecule has 2 aliphatic heterocycles. The van der Waals surface area contributed by atoms with Gasteiger partial charge < -0.3 is 25.2 Å². The summed E-state index contributed by atoms with van der Waals surface area (Å²) in [4.78, 5) is 17.6. The predicted octanol–water partition coefficient (Wildman–Crippen LogP) is 3.79. The number of nitrogens with two attached hydrogens (primary N) is 1. The zero-order valence-electron chi connectivity index (χ0n) is 16.7. The molecule has 2 heterocycles. The topological polar surface area (TPSA) is 62.0 Å². The summed E-state index contributed by atoms with van der Waals surface area (Å²) in [6.45, 7) is 4.72. The SMILES string of the molecule is C=C(F)C(=O)N1CCC[C@@H](N2C=C(N)N(c3ccc(Oc4ccccc4)cc3)C2)C1. The molecule has 1 amide bonds. The van der Waals surface area contributed by atoms with Crippen LogP contribution in [0.25, 0.3) is 0 Å². The summed E-state index contributed by atoms with van der Waals surface area (Å²) >= 11 is 0. The Bertz CT molecular complexity index is 945. The van der Waals surface area contributed by atoms with Crippen molar-refractivity contribution in [3.8, 4) is 11.5 Å². The standard InChI is InChI=1S/C23H25FN4O2/c1-17(24)23(29)26-13-5-6-19(14-26)27-15-22(25)28(16-27)18-9-11-21(12-10-18)30-20-7-3-2-4-8-20/h2-4,7-12,15,19H,1,5-6,13-14,16,25H2/t19-/m1/s1. The monoisotopic (exact) mass is 408 g/mol. The highest BCUT2D eigenvalue weighted by atomic mass is 19.1. The van der Waals surface area contributed by atoms with Gasteiger partial charge in [0, 0.05) is 31.0 Å².